The Bertz CT molecular complexity index is 423. The Kier molecular flexibility index (Phi) is 3.57. The molecular weight excluding hydrogens is 208 g/mol. The fourth-order valence-electron chi connectivity index (χ4n) is 1.46. The number of nitrogens with one attached hydrogen (secondary N) is 1. The Hall–Kier alpha value is -1.52. The predicted molar refractivity (Wildman–Crippen MR) is 60.5 cm³/mol. The molecule has 5 heteroatoms. The van der Waals surface area contributed by atoms with Gasteiger partial charge < -0.3 is 10.2 Å². The third-order valence-electron chi connectivity index (χ3n) is 2.16. The van der Waals surface area contributed by atoms with Crippen LogP contribution in [0, 0.1) is 5.41 Å². The topological polar surface area (TPSA) is 75.1 Å². The first-order chi connectivity index (χ1) is 7.29. The van der Waals surface area contributed by atoms with Crippen LogP contribution in [0.1, 0.15) is 32.8 Å². The van der Waals surface area contributed by atoms with Gasteiger partial charge in [-0.25, -0.2) is 0 Å². The van der Waals surface area contributed by atoms with E-state index in [4.69, 9.17) is 5.11 Å². The van der Waals surface area contributed by atoms with Crippen molar-refractivity contribution in [3.05, 3.63) is 22.1 Å². The lowest BCUT2D eigenvalue weighted by Crippen LogP contribution is -2.26. The zero-order valence-electron chi connectivity index (χ0n) is 9.91. The van der Waals surface area contributed by atoms with Gasteiger partial charge in [-0.1, -0.05) is 20.8 Å². The Morgan fingerprint density at radius 1 is 1.50 bits per heavy atom. The Balaban J connectivity index is 2.77. The maximum atomic E-state index is 11.8. The summed E-state index contributed by atoms with van der Waals surface area (Å²) in [7, 11) is 0. The highest BCUT2D eigenvalue weighted by Crippen LogP contribution is 2.14. The molecule has 1 heterocycles. The molecule has 0 bridgehead atoms. The van der Waals surface area contributed by atoms with Crippen molar-refractivity contribution in [1.29, 1.82) is 0 Å². The maximum Gasteiger partial charge on any atom is 0.303 e. The molecular formula is C11H18N2O3. The quantitative estimate of drug-likeness (QED) is 0.811. The normalized spacial score (nSPS) is 11.7. The molecule has 16 heavy (non-hydrogen) atoms. The van der Waals surface area contributed by atoms with Gasteiger partial charge in [-0.2, -0.15) is 0 Å². The lowest BCUT2D eigenvalue weighted by molar-refractivity contribution is -0.136. The number of aromatic amines is 1. The van der Waals surface area contributed by atoms with Gasteiger partial charge in [0.1, 0.15) is 0 Å². The summed E-state index contributed by atoms with van der Waals surface area (Å²) in [6, 6.07) is 0. The number of hydrogen-bond donors (Lipinski definition) is 2. The Morgan fingerprint density at radius 3 is 2.62 bits per heavy atom. The molecule has 0 unspecified atom stereocenters. The van der Waals surface area contributed by atoms with E-state index in [1.54, 1.807) is 6.20 Å². The summed E-state index contributed by atoms with van der Waals surface area (Å²) in [6.07, 6.45) is 1.86. The van der Waals surface area contributed by atoms with Crippen LogP contribution in [0.5, 0.6) is 0 Å². The molecule has 0 fully saturated rings. The molecule has 5 nitrogen and oxygen atoms in total. The summed E-state index contributed by atoms with van der Waals surface area (Å²) in [5.74, 6) is -0.886. The maximum absolute atomic E-state index is 11.8. The van der Waals surface area contributed by atoms with Crippen LogP contribution >= 0.6 is 0 Å². The molecule has 0 aromatic carbocycles. The molecule has 2 N–H and O–H groups in total. The molecule has 0 atom stereocenters. The van der Waals surface area contributed by atoms with E-state index in [1.165, 1.54) is 4.68 Å². The van der Waals surface area contributed by atoms with Gasteiger partial charge in [0.05, 0.1) is 0 Å². The fourth-order valence-corrected chi connectivity index (χ4v) is 1.46. The molecule has 1 rings (SSSR count). The number of H-pyrrole nitrogens is 1. The van der Waals surface area contributed by atoms with Crippen LogP contribution in [-0.2, 0) is 17.8 Å². The molecule has 0 radical (unpaired) electrons. The third-order valence-corrected chi connectivity index (χ3v) is 2.16. The van der Waals surface area contributed by atoms with Crippen LogP contribution in [-0.4, -0.2) is 20.9 Å². The van der Waals surface area contributed by atoms with Gasteiger partial charge >= 0.3 is 5.97 Å². The first-order valence-electron chi connectivity index (χ1n) is 5.28. The second kappa shape index (κ2) is 4.55. The van der Waals surface area contributed by atoms with Crippen molar-refractivity contribution in [2.75, 3.05) is 0 Å². The minimum Gasteiger partial charge on any atom is -0.481 e. The molecule has 0 aliphatic heterocycles. The number of carboxylic acid groups (broad SMARTS) is 1. The number of aromatic nitrogens is 2. The number of carboxylic acids is 1. The second-order valence-corrected chi connectivity index (χ2v) is 5.14. The molecule has 0 saturated carbocycles. The molecule has 0 aliphatic carbocycles. The summed E-state index contributed by atoms with van der Waals surface area (Å²) in [4.78, 5) is 22.2. The summed E-state index contributed by atoms with van der Waals surface area (Å²) < 4.78 is 1.52. The van der Waals surface area contributed by atoms with Crippen molar-refractivity contribution in [1.82, 2.24) is 9.78 Å². The number of aryl methyl sites for hydroxylation is 1. The highest BCUT2D eigenvalue weighted by molar-refractivity contribution is 5.67. The zero-order chi connectivity index (χ0) is 12.3. The third kappa shape index (κ3) is 3.56. The number of aliphatic carboxylic acids is 1. The lowest BCUT2D eigenvalue weighted by atomic mass is 9.97. The van der Waals surface area contributed by atoms with E-state index in [0.717, 1.165) is 0 Å². The van der Waals surface area contributed by atoms with Crippen LogP contribution in [0.25, 0.3) is 0 Å². The fraction of sp³-hybridized carbons (Fsp3) is 0.636. The molecule has 1 aromatic rings. The molecule has 0 spiro atoms. The Morgan fingerprint density at radius 2 is 2.12 bits per heavy atom. The van der Waals surface area contributed by atoms with Crippen LogP contribution in [0.3, 0.4) is 0 Å². The van der Waals surface area contributed by atoms with E-state index in [-0.39, 0.29) is 23.8 Å². The number of nitrogens with zero attached hydrogens (tertiary/aromatic N) is 1. The van der Waals surface area contributed by atoms with Gasteiger partial charge in [0.25, 0.3) is 5.56 Å². The van der Waals surface area contributed by atoms with E-state index < -0.39 is 5.97 Å². The van der Waals surface area contributed by atoms with Gasteiger partial charge in [-0.3, -0.25) is 14.3 Å². The standard InChI is InChI=1S/C11H18N2O3/c1-11(2,3)7-13-10(16)8(6-12-13)4-5-9(14)15/h6,12H,4-5,7H2,1-3H3,(H,14,15). The average molecular weight is 226 g/mol. The lowest BCUT2D eigenvalue weighted by Gasteiger charge is -2.17. The molecule has 90 valence electrons. The zero-order valence-corrected chi connectivity index (χ0v) is 9.91. The summed E-state index contributed by atoms with van der Waals surface area (Å²) in [5, 5.41) is 11.4. The van der Waals surface area contributed by atoms with Crippen LogP contribution < -0.4 is 5.56 Å². The van der Waals surface area contributed by atoms with Gasteiger partial charge in [0.2, 0.25) is 0 Å². The number of carbonyl (C=O) groups is 1. The van der Waals surface area contributed by atoms with Gasteiger partial charge in [-0.15, -0.1) is 0 Å². The molecule has 0 amide bonds. The Labute approximate surface area is 94.1 Å². The minimum atomic E-state index is -0.886. The van der Waals surface area contributed by atoms with E-state index in [2.05, 4.69) is 5.10 Å². The van der Waals surface area contributed by atoms with Crippen LogP contribution in [0.2, 0.25) is 0 Å². The van der Waals surface area contributed by atoms with Crippen LogP contribution in [0.4, 0.5) is 0 Å². The van der Waals surface area contributed by atoms with Gasteiger partial charge in [-0.05, 0) is 11.8 Å². The average Bonchev–Trinajstić information content (AvgIpc) is 2.43. The van der Waals surface area contributed by atoms with Crippen molar-refractivity contribution in [3.63, 3.8) is 0 Å². The van der Waals surface area contributed by atoms with Crippen molar-refractivity contribution < 1.29 is 9.90 Å². The molecule has 1 aromatic heterocycles. The van der Waals surface area contributed by atoms with Crippen LogP contribution in [0.15, 0.2) is 11.0 Å². The number of hydrogen-bond acceptors (Lipinski definition) is 2. The monoisotopic (exact) mass is 226 g/mol. The van der Waals surface area contributed by atoms with E-state index in [0.29, 0.717) is 12.1 Å². The van der Waals surface area contributed by atoms with E-state index in [9.17, 15) is 9.59 Å². The summed E-state index contributed by atoms with van der Waals surface area (Å²) in [5.41, 5.74) is 0.432. The SMILES string of the molecule is CC(C)(C)Cn1[nH]cc(CCC(=O)O)c1=O. The first-order valence-corrected chi connectivity index (χ1v) is 5.28. The van der Waals surface area contributed by atoms with Crippen molar-refractivity contribution >= 4 is 5.97 Å². The van der Waals surface area contributed by atoms with E-state index in [1.807, 2.05) is 20.8 Å². The minimum absolute atomic E-state index is 0.0113. The predicted octanol–water partition coefficient (Wildman–Crippen LogP) is 1.24. The smallest absolute Gasteiger partial charge is 0.303 e. The largest absolute Gasteiger partial charge is 0.481 e. The van der Waals surface area contributed by atoms with Crippen molar-refractivity contribution in [2.45, 2.75) is 40.2 Å². The highest BCUT2D eigenvalue weighted by atomic mass is 16.4. The van der Waals surface area contributed by atoms with E-state index >= 15 is 0 Å². The summed E-state index contributed by atoms with van der Waals surface area (Å²) >= 11 is 0. The summed E-state index contributed by atoms with van der Waals surface area (Å²) in [6.45, 7) is 6.71. The first kappa shape index (κ1) is 12.5. The number of rotatable bonds is 4. The second-order valence-electron chi connectivity index (χ2n) is 5.14. The van der Waals surface area contributed by atoms with Crippen molar-refractivity contribution in [3.8, 4) is 0 Å². The van der Waals surface area contributed by atoms with Crippen molar-refractivity contribution in [2.24, 2.45) is 5.41 Å². The van der Waals surface area contributed by atoms with Gasteiger partial charge in [0.15, 0.2) is 0 Å². The highest BCUT2D eigenvalue weighted by Gasteiger charge is 2.15. The molecule has 0 aliphatic rings. The molecule has 0 saturated heterocycles. The van der Waals surface area contributed by atoms with Gasteiger partial charge in [0, 0.05) is 24.7 Å².